The normalized spacial score (nSPS) is 26.4. The largest absolute Gasteiger partial charge is 0.492 e. The highest BCUT2D eigenvalue weighted by atomic mass is 16.6. The van der Waals surface area contributed by atoms with Gasteiger partial charge in [-0.15, -0.1) is 0 Å². The summed E-state index contributed by atoms with van der Waals surface area (Å²) in [5.41, 5.74) is 0.866. The number of rotatable bonds is 5. The minimum absolute atomic E-state index is 0.0985. The van der Waals surface area contributed by atoms with E-state index in [0.717, 1.165) is 44.2 Å². The Kier molecular flexibility index (Phi) is 4.85. The molecule has 3 aliphatic rings. The first-order valence-electron chi connectivity index (χ1n) is 8.71. The van der Waals surface area contributed by atoms with Crippen molar-refractivity contribution in [1.29, 1.82) is 0 Å². The van der Waals surface area contributed by atoms with Crippen LogP contribution in [0.25, 0.3) is 0 Å². The molecule has 2 atom stereocenters. The van der Waals surface area contributed by atoms with Crippen LogP contribution in [0, 0.1) is 0 Å². The molecule has 3 aliphatic heterocycles. The van der Waals surface area contributed by atoms with E-state index in [1.165, 1.54) is 0 Å². The summed E-state index contributed by atoms with van der Waals surface area (Å²) in [4.78, 5) is 18.2. The van der Waals surface area contributed by atoms with Crippen molar-refractivity contribution in [2.45, 2.75) is 18.6 Å². The first kappa shape index (κ1) is 16.4. The van der Waals surface area contributed by atoms with E-state index in [4.69, 9.17) is 18.9 Å². The molecule has 7 nitrogen and oxygen atoms in total. The van der Waals surface area contributed by atoms with Crippen molar-refractivity contribution in [2.75, 3.05) is 46.1 Å². The van der Waals surface area contributed by atoms with Gasteiger partial charge >= 0.3 is 5.97 Å². The van der Waals surface area contributed by atoms with Crippen LogP contribution < -0.4 is 4.74 Å². The Balaban J connectivity index is 1.34. The van der Waals surface area contributed by atoms with E-state index in [0.29, 0.717) is 19.1 Å². The molecule has 134 valence electrons. The zero-order valence-corrected chi connectivity index (χ0v) is 14.1. The molecule has 2 saturated heterocycles. The topological polar surface area (TPSA) is 69.6 Å². The molecule has 0 spiro atoms. The number of fused-ring (bicyclic) bond motifs is 1. The summed E-state index contributed by atoms with van der Waals surface area (Å²) in [6, 6.07) is 7.62. The third-order valence-electron chi connectivity index (χ3n) is 4.62. The molecule has 3 heterocycles. The number of carbonyl (C=O) groups is 1. The summed E-state index contributed by atoms with van der Waals surface area (Å²) >= 11 is 0. The second kappa shape index (κ2) is 7.41. The van der Waals surface area contributed by atoms with Gasteiger partial charge in [0.25, 0.3) is 0 Å². The molecule has 7 heteroatoms. The molecule has 2 fully saturated rings. The fourth-order valence-corrected chi connectivity index (χ4v) is 3.19. The Bertz CT molecular complexity index is 657. The van der Waals surface area contributed by atoms with Crippen LogP contribution in [-0.4, -0.2) is 75.0 Å². The van der Waals surface area contributed by atoms with Crippen LogP contribution in [-0.2, 0) is 19.0 Å². The molecule has 0 aliphatic carbocycles. The molecule has 2 unspecified atom stereocenters. The maximum absolute atomic E-state index is 11.4. The average Bonchev–Trinajstić information content (AvgIpc) is 3.06. The van der Waals surface area contributed by atoms with Gasteiger partial charge < -0.3 is 18.9 Å². The Labute approximate surface area is 146 Å². The number of ether oxygens (including phenoxy) is 4. The SMILES string of the molecule is O=C1CC2OC(c3cccc(OCCN4CCOCC4)c3)=NC2CO1. The van der Waals surface area contributed by atoms with Crippen LogP contribution in [0.3, 0.4) is 0 Å². The van der Waals surface area contributed by atoms with Crippen molar-refractivity contribution in [3.8, 4) is 5.75 Å². The molecule has 0 aromatic heterocycles. The highest BCUT2D eigenvalue weighted by Crippen LogP contribution is 2.26. The van der Waals surface area contributed by atoms with E-state index >= 15 is 0 Å². The number of benzene rings is 1. The van der Waals surface area contributed by atoms with Gasteiger partial charge in [0.2, 0.25) is 5.90 Å². The molecule has 0 saturated carbocycles. The predicted molar refractivity (Wildman–Crippen MR) is 90.0 cm³/mol. The van der Waals surface area contributed by atoms with Gasteiger partial charge in [-0.05, 0) is 18.2 Å². The molecule has 0 radical (unpaired) electrons. The van der Waals surface area contributed by atoms with Crippen LogP contribution >= 0.6 is 0 Å². The van der Waals surface area contributed by atoms with Gasteiger partial charge in [-0.25, -0.2) is 4.99 Å². The van der Waals surface area contributed by atoms with Gasteiger partial charge in [-0.3, -0.25) is 9.69 Å². The number of morpholine rings is 1. The minimum Gasteiger partial charge on any atom is -0.492 e. The standard InChI is InChI=1S/C18H22N2O5/c21-17-11-16-15(12-24-17)19-18(25-16)13-2-1-3-14(10-13)23-9-6-20-4-7-22-8-5-20/h1-3,10,15-16H,4-9,11-12H2. The molecule has 25 heavy (non-hydrogen) atoms. The first-order valence-corrected chi connectivity index (χ1v) is 8.71. The molecular formula is C18H22N2O5. The monoisotopic (exact) mass is 346 g/mol. The molecule has 0 N–H and O–H groups in total. The van der Waals surface area contributed by atoms with E-state index in [1.54, 1.807) is 0 Å². The van der Waals surface area contributed by atoms with Gasteiger partial charge in [0.1, 0.15) is 31.1 Å². The average molecular weight is 346 g/mol. The number of hydrogen-bond acceptors (Lipinski definition) is 7. The Morgan fingerprint density at radius 3 is 3.04 bits per heavy atom. The lowest BCUT2D eigenvalue weighted by molar-refractivity contribution is -0.151. The fraction of sp³-hybridized carbons (Fsp3) is 0.556. The van der Waals surface area contributed by atoms with Crippen LogP contribution in [0.4, 0.5) is 0 Å². The molecule has 4 rings (SSSR count). The number of esters is 1. The van der Waals surface area contributed by atoms with E-state index in [9.17, 15) is 4.79 Å². The van der Waals surface area contributed by atoms with E-state index in [1.807, 2.05) is 24.3 Å². The highest BCUT2D eigenvalue weighted by Gasteiger charge is 2.38. The molecular weight excluding hydrogens is 324 g/mol. The Morgan fingerprint density at radius 2 is 2.16 bits per heavy atom. The number of hydrogen-bond donors (Lipinski definition) is 0. The van der Waals surface area contributed by atoms with Crippen molar-refractivity contribution in [2.24, 2.45) is 4.99 Å². The number of aliphatic imine (C=N–C) groups is 1. The van der Waals surface area contributed by atoms with Gasteiger partial charge in [-0.2, -0.15) is 0 Å². The van der Waals surface area contributed by atoms with E-state index in [2.05, 4.69) is 9.89 Å². The lowest BCUT2D eigenvalue weighted by atomic mass is 10.1. The van der Waals surface area contributed by atoms with Crippen molar-refractivity contribution >= 4 is 11.9 Å². The van der Waals surface area contributed by atoms with Crippen molar-refractivity contribution in [1.82, 2.24) is 4.90 Å². The van der Waals surface area contributed by atoms with Crippen LogP contribution in [0.5, 0.6) is 5.75 Å². The molecule has 0 amide bonds. The summed E-state index contributed by atoms with van der Waals surface area (Å²) < 4.78 is 22.1. The summed E-state index contributed by atoms with van der Waals surface area (Å²) in [5, 5.41) is 0. The third kappa shape index (κ3) is 3.93. The van der Waals surface area contributed by atoms with Gasteiger partial charge in [0, 0.05) is 25.2 Å². The van der Waals surface area contributed by atoms with E-state index < -0.39 is 0 Å². The van der Waals surface area contributed by atoms with Crippen LogP contribution in [0.2, 0.25) is 0 Å². The highest BCUT2D eigenvalue weighted by molar-refractivity contribution is 5.96. The molecule has 1 aromatic carbocycles. The molecule has 0 bridgehead atoms. The van der Waals surface area contributed by atoms with Gasteiger partial charge in [0.05, 0.1) is 19.6 Å². The summed E-state index contributed by atoms with van der Waals surface area (Å²) in [7, 11) is 0. The lowest BCUT2D eigenvalue weighted by Crippen LogP contribution is -2.38. The maximum atomic E-state index is 11.4. The van der Waals surface area contributed by atoms with Crippen molar-refractivity contribution < 1.29 is 23.7 Å². The number of carbonyl (C=O) groups excluding carboxylic acids is 1. The molecule has 1 aromatic rings. The smallest absolute Gasteiger partial charge is 0.309 e. The Morgan fingerprint density at radius 1 is 1.28 bits per heavy atom. The van der Waals surface area contributed by atoms with Gasteiger partial charge in [-0.1, -0.05) is 6.07 Å². The maximum Gasteiger partial charge on any atom is 0.309 e. The summed E-state index contributed by atoms with van der Waals surface area (Å²) in [6.45, 7) is 5.30. The second-order valence-corrected chi connectivity index (χ2v) is 6.38. The fourth-order valence-electron chi connectivity index (χ4n) is 3.19. The van der Waals surface area contributed by atoms with Crippen molar-refractivity contribution in [3.05, 3.63) is 29.8 Å². The summed E-state index contributed by atoms with van der Waals surface area (Å²) in [5.74, 6) is 1.13. The van der Waals surface area contributed by atoms with Crippen LogP contribution in [0.15, 0.2) is 29.3 Å². The zero-order valence-electron chi connectivity index (χ0n) is 14.1. The first-order chi connectivity index (χ1) is 12.3. The lowest BCUT2D eigenvalue weighted by Gasteiger charge is -2.26. The number of nitrogens with zero attached hydrogens (tertiary/aromatic N) is 2. The number of cyclic esters (lactones) is 1. The summed E-state index contributed by atoms with van der Waals surface area (Å²) in [6.07, 6.45) is 0.0510. The zero-order chi connectivity index (χ0) is 17.1. The van der Waals surface area contributed by atoms with Crippen LogP contribution in [0.1, 0.15) is 12.0 Å². The minimum atomic E-state index is -0.224. The Hall–Kier alpha value is -2.12. The second-order valence-electron chi connectivity index (χ2n) is 6.38. The third-order valence-corrected chi connectivity index (χ3v) is 4.62. The quantitative estimate of drug-likeness (QED) is 0.737. The van der Waals surface area contributed by atoms with Gasteiger partial charge in [0.15, 0.2) is 0 Å². The van der Waals surface area contributed by atoms with E-state index in [-0.39, 0.29) is 24.5 Å². The predicted octanol–water partition coefficient (Wildman–Crippen LogP) is 0.858. The van der Waals surface area contributed by atoms with Crippen molar-refractivity contribution in [3.63, 3.8) is 0 Å².